The molecule has 0 radical (unpaired) electrons. The number of ether oxygens (including phenoxy) is 1. The van der Waals surface area contributed by atoms with Gasteiger partial charge in [0, 0.05) is 25.4 Å². The molecule has 1 aromatic rings. The lowest BCUT2D eigenvalue weighted by Crippen LogP contribution is -2.37. The summed E-state index contributed by atoms with van der Waals surface area (Å²) in [5.41, 5.74) is 1.10. The van der Waals surface area contributed by atoms with Crippen LogP contribution >= 0.6 is 24.0 Å². The lowest BCUT2D eigenvalue weighted by Gasteiger charge is -2.13. The van der Waals surface area contributed by atoms with Crippen molar-refractivity contribution in [3.8, 4) is 5.88 Å². The molecule has 1 aliphatic carbocycles. The van der Waals surface area contributed by atoms with E-state index in [1.54, 1.807) is 13.3 Å². The molecule has 0 aromatic carbocycles. The van der Waals surface area contributed by atoms with Crippen LogP contribution in [0.25, 0.3) is 0 Å². The zero-order chi connectivity index (χ0) is 16.3. The van der Waals surface area contributed by atoms with Crippen LogP contribution in [0.1, 0.15) is 51.0 Å². The van der Waals surface area contributed by atoms with Crippen LogP contribution in [0.2, 0.25) is 0 Å². The Hall–Kier alpha value is -1.05. The maximum atomic E-state index is 5.15. The van der Waals surface area contributed by atoms with Crippen molar-refractivity contribution in [1.82, 2.24) is 15.6 Å². The molecule has 0 unspecified atom stereocenters. The van der Waals surface area contributed by atoms with Gasteiger partial charge in [-0.05, 0) is 37.3 Å². The van der Waals surface area contributed by atoms with Gasteiger partial charge < -0.3 is 15.4 Å². The lowest BCUT2D eigenvalue weighted by atomic mass is 10.0. The topological polar surface area (TPSA) is 58.5 Å². The summed E-state index contributed by atoms with van der Waals surface area (Å²) in [5.74, 6) is 2.47. The number of nitrogens with zero attached hydrogens (tertiary/aromatic N) is 2. The Morgan fingerprint density at radius 1 is 1.33 bits per heavy atom. The standard InChI is InChI=1S/C18H30N4O.HI/c1-3-19-18(21-11-6-9-15-7-4-5-8-15)22-14-16-10-12-20-17(13-16)23-2;/h10,12-13,15H,3-9,11,14H2,1-2H3,(H2,19,21,22);1H. The third kappa shape index (κ3) is 7.68. The largest absolute Gasteiger partial charge is 0.481 e. The van der Waals surface area contributed by atoms with E-state index in [0.717, 1.165) is 30.5 Å². The van der Waals surface area contributed by atoms with Crippen LogP contribution in [0.3, 0.4) is 0 Å². The van der Waals surface area contributed by atoms with E-state index in [2.05, 4.69) is 27.5 Å². The normalized spacial score (nSPS) is 15.0. The summed E-state index contributed by atoms with van der Waals surface area (Å²) in [6, 6.07) is 3.89. The molecule has 136 valence electrons. The van der Waals surface area contributed by atoms with Crippen molar-refractivity contribution >= 4 is 29.9 Å². The van der Waals surface area contributed by atoms with Crippen LogP contribution in [-0.2, 0) is 6.54 Å². The molecule has 0 aliphatic heterocycles. The molecule has 1 aliphatic rings. The Morgan fingerprint density at radius 2 is 2.12 bits per heavy atom. The summed E-state index contributed by atoms with van der Waals surface area (Å²) in [6.45, 7) is 4.57. The van der Waals surface area contributed by atoms with Crippen LogP contribution in [-0.4, -0.2) is 31.1 Å². The smallest absolute Gasteiger partial charge is 0.213 e. The van der Waals surface area contributed by atoms with E-state index in [4.69, 9.17) is 4.74 Å². The molecule has 0 atom stereocenters. The molecule has 1 heterocycles. The average Bonchev–Trinajstić information content (AvgIpc) is 3.10. The third-order valence-corrected chi connectivity index (χ3v) is 4.33. The van der Waals surface area contributed by atoms with Crippen molar-refractivity contribution < 1.29 is 4.74 Å². The zero-order valence-electron chi connectivity index (χ0n) is 14.9. The second-order valence-corrected chi connectivity index (χ2v) is 6.12. The molecule has 1 aromatic heterocycles. The van der Waals surface area contributed by atoms with Gasteiger partial charge in [-0.2, -0.15) is 0 Å². The minimum absolute atomic E-state index is 0. The number of hydrogen-bond acceptors (Lipinski definition) is 3. The average molecular weight is 446 g/mol. The highest BCUT2D eigenvalue weighted by Gasteiger charge is 2.13. The van der Waals surface area contributed by atoms with E-state index < -0.39 is 0 Å². The number of rotatable bonds is 8. The number of aliphatic imine (C=N–C) groups is 1. The third-order valence-electron chi connectivity index (χ3n) is 4.33. The maximum Gasteiger partial charge on any atom is 0.213 e. The highest BCUT2D eigenvalue weighted by molar-refractivity contribution is 14.0. The molecule has 5 nitrogen and oxygen atoms in total. The molecule has 1 saturated carbocycles. The Kier molecular flexibility index (Phi) is 10.8. The Morgan fingerprint density at radius 3 is 2.83 bits per heavy atom. The first-order chi connectivity index (χ1) is 11.3. The Bertz CT molecular complexity index is 490. The van der Waals surface area contributed by atoms with E-state index in [0.29, 0.717) is 12.4 Å². The van der Waals surface area contributed by atoms with Gasteiger partial charge in [0.1, 0.15) is 0 Å². The summed E-state index contributed by atoms with van der Waals surface area (Å²) in [7, 11) is 1.63. The summed E-state index contributed by atoms with van der Waals surface area (Å²) < 4.78 is 5.15. The van der Waals surface area contributed by atoms with Gasteiger partial charge in [0.15, 0.2) is 5.96 Å². The van der Waals surface area contributed by atoms with E-state index in [1.807, 2.05) is 12.1 Å². The van der Waals surface area contributed by atoms with Gasteiger partial charge in [-0.25, -0.2) is 9.98 Å². The van der Waals surface area contributed by atoms with E-state index >= 15 is 0 Å². The fourth-order valence-electron chi connectivity index (χ4n) is 3.07. The monoisotopic (exact) mass is 446 g/mol. The number of methoxy groups -OCH3 is 1. The van der Waals surface area contributed by atoms with Crippen molar-refractivity contribution in [2.45, 2.75) is 52.0 Å². The number of pyridine rings is 1. The molecule has 1 fully saturated rings. The summed E-state index contributed by atoms with van der Waals surface area (Å²) in [6.07, 6.45) is 10.0. The fourth-order valence-corrected chi connectivity index (χ4v) is 3.07. The maximum absolute atomic E-state index is 5.15. The van der Waals surface area contributed by atoms with Gasteiger partial charge in [0.05, 0.1) is 13.7 Å². The van der Waals surface area contributed by atoms with E-state index in [1.165, 1.54) is 38.5 Å². The molecule has 0 saturated heterocycles. The minimum atomic E-state index is 0. The number of guanidine groups is 1. The fraction of sp³-hybridized carbons (Fsp3) is 0.667. The van der Waals surface area contributed by atoms with E-state index in [-0.39, 0.29) is 24.0 Å². The summed E-state index contributed by atoms with van der Waals surface area (Å²) >= 11 is 0. The zero-order valence-corrected chi connectivity index (χ0v) is 17.2. The minimum Gasteiger partial charge on any atom is -0.481 e. The molecule has 6 heteroatoms. The van der Waals surface area contributed by atoms with Crippen molar-refractivity contribution in [2.75, 3.05) is 20.2 Å². The lowest BCUT2D eigenvalue weighted by molar-refractivity contribution is 0.397. The molecular formula is C18H31IN4O. The molecule has 2 rings (SSSR count). The quantitative estimate of drug-likeness (QED) is 0.277. The molecule has 0 amide bonds. The summed E-state index contributed by atoms with van der Waals surface area (Å²) in [5, 5.41) is 6.74. The SMILES string of the molecule is CCNC(=NCc1ccnc(OC)c1)NCCCC1CCCC1.I. The highest BCUT2D eigenvalue weighted by atomic mass is 127. The van der Waals surface area contributed by atoms with Crippen LogP contribution in [0.4, 0.5) is 0 Å². The highest BCUT2D eigenvalue weighted by Crippen LogP contribution is 2.28. The second kappa shape index (κ2) is 12.3. The van der Waals surface area contributed by atoms with Gasteiger partial charge in [-0.3, -0.25) is 0 Å². The Balaban J connectivity index is 0.00000288. The van der Waals surface area contributed by atoms with Crippen molar-refractivity contribution in [3.63, 3.8) is 0 Å². The van der Waals surface area contributed by atoms with Crippen LogP contribution in [0, 0.1) is 5.92 Å². The predicted molar refractivity (Wildman–Crippen MR) is 110 cm³/mol. The van der Waals surface area contributed by atoms with Gasteiger partial charge in [-0.15, -0.1) is 24.0 Å². The van der Waals surface area contributed by atoms with Gasteiger partial charge in [0.25, 0.3) is 0 Å². The summed E-state index contributed by atoms with van der Waals surface area (Å²) in [4.78, 5) is 8.76. The van der Waals surface area contributed by atoms with Crippen molar-refractivity contribution in [3.05, 3.63) is 23.9 Å². The van der Waals surface area contributed by atoms with Gasteiger partial charge >= 0.3 is 0 Å². The van der Waals surface area contributed by atoms with E-state index in [9.17, 15) is 0 Å². The van der Waals surface area contributed by atoms with Gasteiger partial charge in [-0.1, -0.05) is 25.7 Å². The van der Waals surface area contributed by atoms with Crippen LogP contribution < -0.4 is 15.4 Å². The predicted octanol–water partition coefficient (Wildman–Crippen LogP) is 3.73. The van der Waals surface area contributed by atoms with Crippen molar-refractivity contribution in [1.29, 1.82) is 0 Å². The Labute approximate surface area is 163 Å². The van der Waals surface area contributed by atoms with Crippen LogP contribution in [0.15, 0.2) is 23.3 Å². The number of hydrogen-bond donors (Lipinski definition) is 2. The molecular weight excluding hydrogens is 415 g/mol. The molecule has 24 heavy (non-hydrogen) atoms. The first-order valence-corrected chi connectivity index (χ1v) is 8.83. The molecule has 0 bridgehead atoms. The first-order valence-electron chi connectivity index (χ1n) is 8.83. The molecule has 2 N–H and O–H groups in total. The number of aromatic nitrogens is 1. The number of halogens is 1. The number of nitrogens with one attached hydrogen (secondary N) is 2. The van der Waals surface area contributed by atoms with Crippen molar-refractivity contribution in [2.24, 2.45) is 10.9 Å². The van der Waals surface area contributed by atoms with Crippen LogP contribution in [0.5, 0.6) is 5.88 Å². The second-order valence-electron chi connectivity index (χ2n) is 6.12. The first kappa shape index (κ1) is 21.0. The molecule has 0 spiro atoms. The van der Waals surface area contributed by atoms with Gasteiger partial charge in [0.2, 0.25) is 5.88 Å².